The van der Waals surface area contributed by atoms with E-state index in [1.807, 2.05) is 4.90 Å². The van der Waals surface area contributed by atoms with Crippen molar-refractivity contribution in [3.63, 3.8) is 0 Å². The molecule has 3 aromatic rings. The maximum absolute atomic E-state index is 15.3. The van der Waals surface area contributed by atoms with Crippen molar-refractivity contribution in [2.75, 3.05) is 30.3 Å². The van der Waals surface area contributed by atoms with Gasteiger partial charge in [0.2, 0.25) is 0 Å². The molecule has 2 saturated heterocycles. The van der Waals surface area contributed by atoms with E-state index in [2.05, 4.69) is 17.2 Å². The van der Waals surface area contributed by atoms with Crippen LogP contribution in [0.2, 0.25) is 0 Å². The summed E-state index contributed by atoms with van der Waals surface area (Å²) in [5, 5.41) is 3.41. The number of amides is 1. The fourth-order valence-electron chi connectivity index (χ4n) is 6.00. The minimum Gasteiger partial charge on any atom is -0.397 e. The molecular formula is C26H30F2N6O2S. The van der Waals surface area contributed by atoms with Gasteiger partial charge in [0.25, 0.3) is 5.91 Å². The zero-order valence-electron chi connectivity index (χ0n) is 20.8. The molecule has 1 spiro atoms. The van der Waals surface area contributed by atoms with Gasteiger partial charge in [-0.25, -0.2) is 18.7 Å². The van der Waals surface area contributed by atoms with Gasteiger partial charge in [-0.15, -0.1) is 11.3 Å². The predicted molar refractivity (Wildman–Crippen MR) is 139 cm³/mol. The summed E-state index contributed by atoms with van der Waals surface area (Å²) in [7, 11) is 0. The molecule has 3 aromatic heterocycles. The molecule has 5 heterocycles. The Morgan fingerprint density at radius 2 is 2.08 bits per heavy atom. The van der Waals surface area contributed by atoms with E-state index in [4.69, 9.17) is 21.2 Å². The maximum Gasteiger partial charge on any atom is 0.263 e. The van der Waals surface area contributed by atoms with E-state index >= 15 is 4.39 Å². The molecule has 196 valence electrons. The van der Waals surface area contributed by atoms with Crippen LogP contribution in [0, 0.1) is 24.5 Å². The summed E-state index contributed by atoms with van der Waals surface area (Å²) < 4.78 is 35.4. The molecule has 8 nitrogen and oxygen atoms in total. The molecule has 1 aliphatic carbocycles. The highest BCUT2D eigenvalue weighted by Crippen LogP contribution is 2.41. The molecule has 5 N–H and O–H groups in total. The van der Waals surface area contributed by atoms with E-state index in [9.17, 15) is 9.18 Å². The van der Waals surface area contributed by atoms with Gasteiger partial charge >= 0.3 is 0 Å². The smallest absolute Gasteiger partial charge is 0.263 e. The van der Waals surface area contributed by atoms with Crippen molar-refractivity contribution >= 4 is 39.0 Å². The minimum absolute atomic E-state index is 0.151. The number of carbonyl (C=O) groups excluding carboxylic acids is 1. The largest absolute Gasteiger partial charge is 0.397 e. The van der Waals surface area contributed by atoms with E-state index in [1.54, 1.807) is 6.92 Å². The fraction of sp³-hybridized carbons (Fsp3) is 0.500. The topological polar surface area (TPSA) is 119 Å². The number of ether oxygens (including phenoxy) is 1. The number of anilines is 2. The van der Waals surface area contributed by atoms with Gasteiger partial charge in [0.05, 0.1) is 24.0 Å². The van der Waals surface area contributed by atoms with Gasteiger partial charge in [0.1, 0.15) is 32.8 Å². The molecular weight excluding hydrogens is 498 g/mol. The average Bonchev–Trinajstić information content (AvgIpc) is 3.51. The lowest BCUT2D eigenvalue weighted by molar-refractivity contribution is -0.0109. The van der Waals surface area contributed by atoms with Crippen LogP contribution >= 0.6 is 11.3 Å². The van der Waals surface area contributed by atoms with Crippen molar-refractivity contribution in [1.29, 1.82) is 0 Å². The van der Waals surface area contributed by atoms with Crippen molar-refractivity contribution in [2.45, 2.75) is 57.2 Å². The SMILES string of the molecule is Cc1nc2sc(C(=O)NC3CCc4nc(N5CC(N)C6(C5)OCCC6C)cc(F)c4C3)c(N)c2cc1F. The summed E-state index contributed by atoms with van der Waals surface area (Å²) in [6, 6.07) is 2.36. The Morgan fingerprint density at radius 1 is 1.27 bits per heavy atom. The second-order valence-corrected chi connectivity index (χ2v) is 11.5. The summed E-state index contributed by atoms with van der Waals surface area (Å²) in [6.45, 7) is 5.60. The first kappa shape index (κ1) is 24.4. The monoisotopic (exact) mass is 528 g/mol. The van der Waals surface area contributed by atoms with Gasteiger partial charge < -0.3 is 26.4 Å². The number of nitrogen functional groups attached to an aromatic ring is 1. The Bertz CT molecular complexity index is 1410. The van der Waals surface area contributed by atoms with Crippen LogP contribution in [0.5, 0.6) is 0 Å². The Kier molecular flexibility index (Phi) is 5.85. The van der Waals surface area contributed by atoms with Crippen LogP contribution in [0.4, 0.5) is 20.3 Å². The maximum atomic E-state index is 15.3. The van der Waals surface area contributed by atoms with Gasteiger partial charge in [-0.1, -0.05) is 6.92 Å². The van der Waals surface area contributed by atoms with E-state index in [-0.39, 0.29) is 40.1 Å². The zero-order valence-corrected chi connectivity index (χ0v) is 21.6. The summed E-state index contributed by atoms with van der Waals surface area (Å²) in [5.41, 5.74) is 13.9. The zero-order chi connectivity index (χ0) is 26.1. The van der Waals surface area contributed by atoms with Crippen LogP contribution in [0.3, 0.4) is 0 Å². The molecule has 2 aliphatic heterocycles. The second-order valence-electron chi connectivity index (χ2n) is 10.5. The summed E-state index contributed by atoms with van der Waals surface area (Å²) in [4.78, 5) is 24.9. The van der Waals surface area contributed by atoms with E-state index in [1.165, 1.54) is 12.1 Å². The average molecular weight is 529 g/mol. The van der Waals surface area contributed by atoms with Crippen LogP contribution in [-0.2, 0) is 17.6 Å². The highest BCUT2D eigenvalue weighted by Gasteiger charge is 2.52. The van der Waals surface area contributed by atoms with Gasteiger partial charge in [-0.2, -0.15) is 0 Å². The third kappa shape index (κ3) is 3.95. The van der Waals surface area contributed by atoms with Crippen LogP contribution in [0.25, 0.3) is 10.2 Å². The molecule has 6 rings (SSSR count). The molecule has 2 fully saturated rings. The highest BCUT2D eigenvalue weighted by atomic mass is 32.1. The Hall–Kier alpha value is -2.89. The molecule has 4 atom stereocenters. The fourth-order valence-corrected chi connectivity index (χ4v) is 7.03. The van der Waals surface area contributed by atoms with E-state index in [0.717, 1.165) is 17.8 Å². The number of nitrogens with one attached hydrogen (secondary N) is 1. The Balaban J connectivity index is 1.18. The molecule has 11 heteroatoms. The summed E-state index contributed by atoms with van der Waals surface area (Å²) in [5.74, 6) is -0.231. The van der Waals surface area contributed by atoms with Crippen molar-refractivity contribution in [3.05, 3.63) is 45.6 Å². The van der Waals surface area contributed by atoms with Crippen molar-refractivity contribution in [2.24, 2.45) is 11.7 Å². The lowest BCUT2D eigenvalue weighted by atomic mass is 9.85. The normalized spacial score (nSPS) is 27.3. The van der Waals surface area contributed by atoms with Crippen LogP contribution in [-0.4, -0.2) is 53.3 Å². The Morgan fingerprint density at radius 3 is 2.84 bits per heavy atom. The quantitative estimate of drug-likeness (QED) is 0.478. The number of nitrogens with zero attached hydrogens (tertiary/aromatic N) is 3. The number of rotatable bonds is 3. The molecule has 1 amide bonds. The number of fused-ring (bicyclic) bond motifs is 2. The Labute approximate surface area is 217 Å². The third-order valence-corrected chi connectivity index (χ3v) is 9.39. The first-order valence-corrected chi connectivity index (χ1v) is 13.5. The van der Waals surface area contributed by atoms with Crippen molar-refractivity contribution in [3.8, 4) is 0 Å². The number of hydrogen-bond acceptors (Lipinski definition) is 8. The molecule has 0 bridgehead atoms. The first-order valence-electron chi connectivity index (χ1n) is 12.6. The van der Waals surface area contributed by atoms with Crippen LogP contribution in [0.15, 0.2) is 12.1 Å². The lowest BCUT2D eigenvalue weighted by Crippen LogP contribution is -2.50. The number of nitrogens with two attached hydrogens (primary N) is 2. The molecule has 0 saturated carbocycles. The molecule has 0 aromatic carbocycles. The number of hydrogen-bond donors (Lipinski definition) is 3. The number of pyridine rings is 2. The standard InChI is InChI=1S/C26H30F2N6O2S/c1-12-5-6-36-26(12)11-34(10-20(26)29)21-9-18(28)15-7-14(3-4-19(15)33-21)32-24(35)23-22(30)16-8-17(27)13(2)31-25(16)37-23/h8-9,12,14,20H,3-7,10-11,29-30H2,1-2H3,(H,32,35). The number of aryl methyl sites for hydroxylation is 2. The third-order valence-electron chi connectivity index (χ3n) is 8.28. The van der Waals surface area contributed by atoms with Crippen LogP contribution < -0.4 is 21.7 Å². The van der Waals surface area contributed by atoms with Gasteiger partial charge in [0, 0.05) is 41.9 Å². The highest BCUT2D eigenvalue weighted by molar-refractivity contribution is 7.21. The molecule has 37 heavy (non-hydrogen) atoms. The number of aromatic nitrogens is 2. The second kappa shape index (κ2) is 8.85. The lowest BCUT2D eigenvalue weighted by Gasteiger charge is -2.31. The summed E-state index contributed by atoms with van der Waals surface area (Å²) >= 11 is 1.13. The van der Waals surface area contributed by atoms with Gasteiger partial charge in [-0.3, -0.25) is 4.79 Å². The van der Waals surface area contributed by atoms with Gasteiger partial charge in [-0.05, 0) is 44.6 Å². The number of carbonyl (C=O) groups is 1. The number of thiophene rings is 1. The van der Waals surface area contributed by atoms with Crippen LogP contribution in [0.1, 0.15) is 46.4 Å². The van der Waals surface area contributed by atoms with Crippen molar-refractivity contribution < 1.29 is 18.3 Å². The molecule has 3 aliphatic rings. The first-order chi connectivity index (χ1) is 17.7. The predicted octanol–water partition coefficient (Wildman–Crippen LogP) is 3.09. The minimum atomic E-state index is -0.466. The molecule has 0 radical (unpaired) electrons. The van der Waals surface area contributed by atoms with Gasteiger partial charge in [0.15, 0.2) is 0 Å². The number of halogens is 2. The van der Waals surface area contributed by atoms with Crippen molar-refractivity contribution in [1.82, 2.24) is 15.3 Å². The summed E-state index contributed by atoms with van der Waals surface area (Å²) in [6.07, 6.45) is 2.47. The van der Waals surface area contributed by atoms with E-state index in [0.29, 0.717) is 72.2 Å². The van der Waals surface area contributed by atoms with E-state index < -0.39 is 11.4 Å². The molecule has 4 unspecified atom stereocenters.